The quantitative estimate of drug-likeness (QED) is 0.767. The van der Waals surface area contributed by atoms with E-state index in [0.29, 0.717) is 17.9 Å². The highest BCUT2D eigenvalue weighted by Crippen LogP contribution is 2.18. The third-order valence-electron chi connectivity index (χ3n) is 4.15. The molecule has 0 spiro atoms. The number of carbonyl (C=O) groups excluding carboxylic acids is 1. The first-order valence-electron chi connectivity index (χ1n) is 7.85. The summed E-state index contributed by atoms with van der Waals surface area (Å²) in [5.74, 6) is 0.525. The van der Waals surface area contributed by atoms with E-state index in [2.05, 4.69) is 16.9 Å². The lowest BCUT2D eigenvalue weighted by Gasteiger charge is -2.23. The molecule has 1 atom stereocenters. The van der Waals surface area contributed by atoms with E-state index in [1.807, 2.05) is 11.9 Å². The second kappa shape index (κ2) is 7.25. The van der Waals surface area contributed by atoms with E-state index in [9.17, 15) is 13.2 Å². The Hall–Kier alpha value is -1.70. The maximum Gasteiger partial charge on any atom is 0.257 e. The fourth-order valence-electron chi connectivity index (χ4n) is 2.57. The smallest absolute Gasteiger partial charge is 0.257 e. The Morgan fingerprint density at radius 1 is 1.30 bits per heavy atom. The van der Waals surface area contributed by atoms with E-state index in [0.717, 1.165) is 19.4 Å². The summed E-state index contributed by atoms with van der Waals surface area (Å²) in [6.07, 6.45) is 5.65. The van der Waals surface area contributed by atoms with Gasteiger partial charge in [0, 0.05) is 39.1 Å². The molecular formula is C15H24N4O3S. The number of hydrogen-bond donors (Lipinski definition) is 0. The monoisotopic (exact) mass is 340 g/mol. The van der Waals surface area contributed by atoms with Crippen molar-refractivity contribution in [2.24, 2.45) is 0 Å². The van der Waals surface area contributed by atoms with Crippen LogP contribution in [0, 0.1) is 0 Å². The Balaban J connectivity index is 2.02. The molecule has 0 saturated carbocycles. The molecule has 8 heteroatoms. The minimum absolute atomic E-state index is 0.0357. The third kappa shape index (κ3) is 4.40. The van der Waals surface area contributed by atoms with Crippen LogP contribution in [0.5, 0.6) is 0 Å². The van der Waals surface area contributed by atoms with E-state index in [1.54, 1.807) is 7.05 Å². The highest BCUT2D eigenvalue weighted by molar-refractivity contribution is 7.91. The molecule has 128 valence electrons. The van der Waals surface area contributed by atoms with Gasteiger partial charge in [0.15, 0.2) is 9.84 Å². The van der Waals surface area contributed by atoms with E-state index in [-0.39, 0.29) is 23.5 Å². The van der Waals surface area contributed by atoms with Gasteiger partial charge in [0.2, 0.25) is 5.95 Å². The van der Waals surface area contributed by atoms with Gasteiger partial charge in [-0.25, -0.2) is 18.4 Å². The fraction of sp³-hybridized carbons (Fsp3) is 0.667. The molecule has 0 N–H and O–H groups in total. The molecule has 1 aromatic rings. The predicted molar refractivity (Wildman–Crippen MR) is 89.4 cm³/mol. The molecular weight excluding hydrogens is 316 g/mol. The minimum atomic E-state index is -3.01. The summed E-state index contributed by atoms with van der Waals surface area (Å²) < 4.78 is 23.1. The van der Waals surface area contributed by atoms with Gasteiger partial charge in [0.25, 0.3) is 5.91 Å². The number of carbonyl (C=O) groups is 1. The summed E-state index contributed by atoms with van der Waals surface area (Å²) >= 11 is 0. The SMILES string of the molecule is CCCCN(C)c1ncc(C(=O)N(C)C2CCS(=O)(=O)C2)cn1. The Kier molecular flexibility index (Phi) is 5.56. The molecule has 2 heterocycles. The second-order valence-corrected chi connectivity index (χ2v) is 8.25. The summed E-state index contributed by atoms with van der Waals surface area (Å²) in [6.45, 7) is 2.99. The number of nitrogens with zero attached hydrogens (tertiary/aromatic N) is 4. The summed E-state index contributed by atoms with van der Waals surface area (Å²) in [7, 11) is 0.538. The molecule has 0 bridgehead atoms. The average Bonchev–Trinajstić information content (AvgIpc) is 2.91. The van der Waals surface area contributed by atoms with Gasteiger partial charge in [-0.15, -0.1) is 0 Å². The van der Waals surface area contributed by atoms with E-state index in [4.69, 9.17) is 0 Å². The number of sulfone groups is 1. The van der Waals surface area contributed by atoms with E-state index in [1.165, 1.54) is 17.3 Å². The average molecular weight is 340 g/mol. The number of amides is 1. The van der Waals surface area contributed by atoms with E-state index >= 15 is 0 Å². The zero-order valence-corrected chi connectivity index (χ0v) is 14.7. The number of hydrogen-bond acceptors (Lipinski definition) is 6. The fourth-order valence-corrected chi connectivity index (χ4v) is 4.35. The van der Waals surface area contributed by atoms with Crippen LogP contribution in [0.25, 0.3) is 0 Å². The predicted octanol–water partition coefficient (Wildman–Crippen LogP) is 0.972. The van der Waals surface area contributed by atoms with Gasteiger partial charge in [-0.3, -0.25) is 4.79 Å². The maximum atomic E-state index is 12.4. The molecule has 0 aromatic carbocycles. The molecule has 1 fully saturated rings. The first kappa shape index (κ1) is 17.7. The standard InChI is InChI=1S/C15H24N4O3S/c1-4-5-7-18(2)15-16-9-12(10-17-15)14(20)19(3)13-6-8-23(21,22)11-13/h9-10,13H,4-8,11H2,1-3H3. The van der Waals surface area contributed by atoms with Crippen LogP contribution in [0.4, 0.5) is 5.95 Å². The molecule has 2 rings (SSSR count). The normalized spacial score (nSPS) is 19.5. The maximum absolute atomic E-state index is 12.4. The van der Waals surface area contributed by atoms with Gasteiger partial charge in [0.05, 0.1) is 17.1 Å². The zero-order chi connectivity index (χ0) is 17.0. The summed E-state index contributed by atoms with van der Waals surface area (Å²) in [6, 6.07) is -0.264. The summed E-state index contributed by atoms with van der Waals surface area (Å²) in [4.78, 5) is 24.4. The molecule has 0 aliphatic carbocycles. The van der Waals surface area contributed by atoms with Crippen molar-refractivity contribution < 1.29 is 13.2 Å². The lowest BCUT2D eigenvalue weighted by Crippen LogP contribution is -2.38. The van der Waals surface area contributed by atoms with Crippen molar-refractivity contribution in [3.63, 3.8) is 0 Å². The van der Waals surface area contributed by atoms with Gasteiger partial charge in [-0.1, -0.05) is 13.3 Å². The highest BCUT2D eigenvalue weighted by atomic mass is 32.2. The van der Waals surface area contributed by atoms with Crippen molar-refractivity contribution in [1.29, 1.82) is 0 Å². The van der Waals surface area contributed by atoms with Crippen LogP contribution in [-0.4, -0.2) is 67.4 Å². The van der Waals surface area contributed by atoms with Gasteiger partial charge in [-0.05, 0) is 12.8 Å². The molecule has 1 unspecified atom stereocenters. The number of anilines is 1. The van der Waals surface area contributed by atoms with Crippen LogP contribution in [0.15, 0.2) is 12.4 Å². The zero-order valence-electron chi connectivity index (χ0n) is 13.9. The van der Waals surface area contributed by atoms with Crippen molar-refractivity contribution in [2.45, 2.75) is 32.2 Å². The van der Waals surface area contributed by atoms with Crippen LogP contribution in [0.3, 0.4) is 0 Å². The van der Waals surface area contributed by atoms with Crippen LogP contribution >= 0.6 is 0 Å². The Morgan fingerprint density at radius 2 is 1.96 bits per heavy atom. The Bertz CT molecular complexity index is 645. The first-order valence-corrected chi connectivity index (χ1v) is 9.67. The topological polar surface area (TPSA) is 83.5 Å². The largest absolute Gasteiger partial charge is 0.344 e. The number of aromatic nitrogens is 2. The van der Waals surface area contributed by atoms with Crippen molar-refractivity contribution in [2.75, 3.05) is 37.0 Å². The van der Waals surface area contributed by atoms with Gasteiger partial charge in [-0.2, -0.15) is 0 Å². The third-order valence-corrected chi connectivity index (χ3v) is 5.90. The van der Waals surface area contributed by atoms with E-state index < -0.39 is 9.84 Å². The van der Waals surface area contributed by atoms with Crippen LogP contribution < -0.4 is 4.90 Å². The summed E-state index contributed by atoms with van der Waals surface area (Å²) in [5.41, 5.74) is 0.379. The van der Waals surface area contributed by atoms with Crippen LogP contribution in [0.2, 0.25) is 0 Å². The minimum Gasteiger partial charge on any atom is -0.344 e. The number of rotatable bonds is 6. The molecule has 7 nitrogen and oxygen atoms in total. The lowest BCUT2D eigenvalue weighted by atomic mass is 10.2. The van der Waals surface area contributed by atoms with Crippen molar-refractivity contribution in [3.05, 3.63) is 18.0 Å². The number of unbranched alkanes of at least 4 members (excludes halogenated alkanes) is 1. The molecule has 1 aliphatic heterocycles. The van der Waals surface area contributed by atoms with Gasteiger partial charge in [0.1, 0.15) is 0 Å². The lowest BCUT2D eigenvalue weighted by molar-refractivity contribution is 0.0747. The second-order valence-electron chi connectivity index (χ2n) is 6.02. The molecule has 1 saturated heterocycles. The molecule has 1 amide bonds. The molecule has 23 heavy (non-hydrogen) atoms. The molecule has 1 aliphatic rings. The van der Waals surface area contributed by atoms with Crippen LogP contribution in [0.1, 0.15) is 36.5 Å². The molecule has 0 radical (unpaired) electrons. The first-order chi connectivity index (χ1) is 10.8. The van der Waals surface area contributed by atoms with Crippen LogP contribution in [-0.2, 0) is 9.84 Å². The summed E-state index contributed by atoms with van der Waals surface area (Å²) in [5, 5.41) is 0. The molecule has 1 aromatic heterocycles. The van der Waals surface area contributed by atoms with Gasteiger partial charge < -0.3 is 9.80 Å². The van der Waals surface area contributed by atoms with Crippen molar-refractivity contribution in [1.82, 2.24) is 14.9 Å². The Morgan fingerprint density at radius 3 is 2.48 bits per heavy atom. The van der Waals surface area contributed by atoms with Crippen molar-refractivity contribution >= 4 is 21.7 Å². The Labute approximate surface area is 137 Å². The van der Waals surface area contributed by atoms with Crippen molar-refractivity contribution in [3.8, 4) is 0 Å². The van der Waals surface area contributed by atoms with Gasteiger partial charge >= 0.3 is 0 Å². The highest BCUT2D eigenvalue weighted by Gasteiger charge is 2.33.